The first-order chi connectivity index (χ1) is 10.5. The summed E-state index contributed by atoms with van der Waals surface area (Å²) in [7, 11) is 0. The number of nitrogens with one attached hydrogen (secondary N) is 1. The van der Waals surface area contributed by atoms with Gasteiger partial charge in [-0.25, -0.2) is 4.39 Å². The minimum absolute atomic E-state index is 0.344. The van der Waals surface area contributed by atoms with Crippen molar-refractivity contribution in [3.8, 4) is 5.75 Å². The number of carbonyl (C=O) groups is 1. The Bertz CT molecular complexity index is 641. The van der Waals surface area contributed by atoms with E-state index in [1.54, 1.807) is 18.2 Å². The van der Waals surface area contributed by atoms with Crippen molar-refractivity contribution in [3.05, 3.63) is 58.3 Å². The molecule has 2 rings (SSSR count). The van der Waals surface area contributed by atoms with E-state index < -0.39 is 6.10 Å². The maximum atomic E-state index is 12.9. The Labute approximate surface area is 138 Å². The highest BCUT2D eigenvalue weighted by molar-refractivity contribution is 6.39. The van der Waals surface area contributed by atoms with Crippen LogP contribution < -0.4 is 10.1 Å². The van der Waals surface area contributed by atoms with Gasteiger partial charge in [-0.1, -0.05) is 36.2 Å². The van der Waals surface area contributed by atoms with E-state index >= 15 is 0 Å². The summed E-state index contributed by atoms with van der Waals surface area (Å²) in [5, 5.41) is 3.35. The van der Waals surface area contributed by atoms with Gasteiger partial charge in [-0.3, -0.25) is 4.79 Å². The quantitative estimate of drug-likeness (QED) is 0.837. The molecule has 1 N–H and O–H groups in total. The van der Waals surface area contributed by atoms with E-state index in [2.05, 4.69) is 5.32 Å². The molecule has 0 radical (unpaired) electrons. The van der Waals surface area contributed by atoms with Gasteiger partial charge in [0, 0.05) is 0 Å². The molecular formula is C16H14Cl2FNO2. The molecule has 0 bridgehead atoms. The van der Waals surface area contributed by atoms with E-state index in [0.717, 1.165) is 0 Å². The van der Waals surface area contributed by atoms with Gasteiger partial charge in [-0.2, -0.15) is 0 Å². The van der Waals surface area contributed by atoms with Crippen LogP contribution in [0.1, 0.15) is 13.3 Å². The molecule has 0 aliphatic heterocycles. The van der Waals surface area contributed by atoms with Crippen molar-refractivity contribution in [2.45, 2.75) is 19.4 Å². The van der Waals surface area contributed by atoms with Gasteiger partial charge >= 0.3 is 0 Å². The van der Waals surface area contributed by atoms with Crippen LogP contribution in [0.3, 0.4) is 0 Å². The third-order valence-corrected chi connectivity index (χ3v) is 3.60. The van der Waals surface area contributed by atoms with E-state index in [0.29, 0.717) is 27.9 Å². The van der Waals surface area contributed by atoms with Crippen molar-refractivity contribution >= 4 is 34.8 Å². The van der Waals surface area contributed by atoms with Crippen LogP contribution >= 0.6 is 23.2 Å². The highest BCUT2D eigenvalue weighted by atomic mass is 35.5. The fourth-order valence-electron chi connectivity index (χ4n) is 1.82. The molecule has 0 aliphatic carbocycles. The number of benzene rings is 2. The zero-order valence-electron chi connectivity index (χ0n) is 11.8. The summed E-state index contributed by atoms with van der Waals surface area (Å²) < 4.78 is 18.4. The minimum atomic E-state index is -0.738. The zero-order valence-corrected chi connectivity index (χ0v) is 13.3. The van der Waals surface area contributed by atoms with Crippen LogP contribution in [0.25, 0.3) is 0 Å². The number of rotatable bonds is 5. The molecule has 0 aliphatic rings. The van der Waals surface area contributed by atoms with Gasteiger partial charge in [0.15, 0.2) is 6.10 Å². The average Bonchev–Trinajstić information content (AvgIpc) is 2.50. The summed E-state index contributed by atoms with van der Waals surface area (Å²) in [6.45, 7) is 1.81. The maximum absolute atomic E-state index is 12.9. The molecule has 0 aromatic heterocycles. The molecule has 1 amide bonds. The van der Waals surface area contributed by atoms with Crippen molar-refractivity contribution in [1.82, 2.24) is 0 Å². The Morgan fingerprint density at radius 1 is 1.18 bits per heavy atom. The molecule has 2 aromatic rings. The predicted molar refractivity (Wildman–Crippen MR) is 86.2 cm³/mol. The summed E-state index contributed by atoms with van der Waals surface area (Å²) >= 11 is 12.0. The van der Waals surface area contributed by atoms with Gasteiger partial charge in [0.05, 0.1) is 15.7 Å². The first kappa shape index (κ1) is 16.6. The first-order valence-electron chi connectivity index (χ1n) is 6.68. The van der Waals surface area contributed by atoms with Gasteiger partial charge in [0.25, 0.3) is 5.91 Å². The first-order valence-corrected chi connectivity index (χ1v) is 7.44. The zero-order chi connectivity index (χ0) is 16.1. The predicted octanol–water partition coefficient (Wildman–Crippen LogP) is 4.93. The number of halogens is 3. The van der Waals surface area contributed by atoms with Gasteiger partial charge in [0.2, 0.25) is 0 Å². The van der Waals surface area contributed by atoms with Gasteiger partial charge in [-0.15, -0.1) is 0 Å². The molecule has 0 heterocycles. The Morgan fingerprint density at radius 3 is 2.32 bits per heavy atom. The minimum Gasteiger partial charge on any atom is -0.481 e. The van der Waals surface area contributed by atoms with Crippen molar-refractivity contribution in [3.63, 3.8) is 0 Å². The number of ether oxygens (including phenoxy) is 1. The number of amides is 1. The summed E-state index contributed by atoms with van der Waals surface area (Å²) in [6, 6.07) is 10.4. The average molecular weight is 342 g/mol. The van der Waals surface area contributed by atoms with Crippen LogP contribution in [0.2, 0.25) is 10.0 Å². The molecule has 0 saturated carbocycles. The maximum Gasteiger partial charge on any atom is 0.265 e. The number of anilines is 1. The van der Waals surface area contributed by atoms with Crippen molar-refractivity contribution < 1.29 is 13.9 Å². The molecular weight excluding hydrogens is 328 g/mol. The lowest BCUT2D eigenvalue weighted by Crippen LogP contribution is -2.32. The second kappa shape index (κ2) is 7.47. The van der Waals surface area contributed by atoms with Crippen molar-refractivity contribution in [1.29, 1.82) is 0 Å². The normalized spacial score (nSPS) is 11.8. The van der Waals surface area contributed by atoms with Crippen LogP contribution in [-0.4, -0.2) is 12.0 Å². The summed E-state index contributed by atoms with van der Waals surface area (Å²) in [4.78, 5) is 12.3. The fourth-order valence-corrected chi connectivity index (χ4v) is 2.31. The van der Waals surface area contributed by atoms with Gasteiger partial charge < -0.3 is 10.1 Å². The monoisotopic (exact) mass is 341 g/mol. The molecule has 0 unspecified atom stereocenters. The van der Waals surface area contributed by atoms with Crippen molar-refractivity contribution in [2.75, 3.05) is 5.32 Å². The largest absolute Gasteiger partial charge is 0.481 e. The molecule has 0 saturated heterocycles. The molecule has 2 aromatic carbocycles. The highest BCUT2D eigenvalue weighted by Gasteiger charge is 2.20. The van der Waals surface area contributed by atoms with E-state index in [4.69, 9.17) is 27.9 Å². The Balaban J connectivity index is 2.10. The summed E-state index contributed by atoms with van der Waals surface area (Å²) in [5.41, 5.74) is 0.344. The van der Waals surface area contributed by atoms with E-state index in [1.165, 1.54) is 24.3 Å². The lowest BCUT2D eigenvalue weighted by Gasteiger charge is -2.18. The van der Waals surface area contributed by atoms with Crippen LogP contribution in [-0.2, 0) is 4.79 Å². The Morgan fingerprint density at radius 2 is 1.77 bits per heavy atom. The van der Waals surface area contributed by atoms with Crippen LogP contribution in [0.4, 0.5) is 10.1 Å². The molecule has 0 fully saturated rings. The third-order valence-electron chi connectivity index (χ3n) is 2.97. The van der Waals surface area contributed by atoms with Gasteiger partial charge in [-0.05, 0) is 42.8 Å². The summed E-state index contributed by atoms with van der Waals surface area (Å²) in [5.74, 6) is -0.330. The number of hydrogen-bond donors (Lipinski definition) is 1. The van der Waals surface area contributed by atoms with Crippen LogP contribution in [0.5, 0.6) is 5.75 Å². The van der Waals surface area contributed by atoms with Gasteiger partial charge in [0.1, 0.15) is 11.6 Å². The molecule has 6 heteroatoms. The fraction of sp³-hybridized carbons (Fsp3) is 0.188. The molecule has 0 spiro atoms. The molecule has 116 valence electrons. The second-order valence-corrected chi connectivity index (χ2v) is 5.37. The summed E-state index contributed by atoms with van der Waals surface area (Å²) in [6.07, 6.45) is -0.302. The SMILES string of the molecule is CC[C@@H](Oc1ccc(F)cc1)C(=O)Nc1c(Cl)cccc1Cl. The topological polar surface area (TPSA) is 38.3 Å². The Hall–Kier alpha value is -1.78. The number of carbonyl (C=O) groups excluding carboxylic acids is 1. The number of hydrogen-bond acceptors (Lipinski definition) is 2. The smallest absolute Gasteiger partial charge is 0.265 e. The second-order valence-electron chi connectivity index (χ2n) is 4.55. The third kappa shape index (κ3) is 4.12. The van der Waals surface area contributed by atoms with E-state index in [1.807, 2.05) is 6.92 Å². The number of para-hydroxylation sites is 1. The Kier molecular flexibility index (Phi) is 5.63. The lowest BCUT2D eigenvalue weighted by molar-refractivity contribution is -0.122. The van der Waals surface area contributed by atoms with Crippen molar-refractivity contribution in [2.24, 2.45) is 0 Å². The lowest BCUT2D eigenvalue weighted by atomic mass is 10.2. The molecule has 22 heavy (non-hydrogen) atoms. The van der Waals surface area contributed by atoms with Crippen LogP contribution in [0, 0.1) is 5.82 Å². The molecule has 1 atom stereocenters. The van der Waals surface area contributed by atoms with E-state index in [-0.39, 0.29) is 11.7 Å². The molecule has 3 nitrogen and oxygen atoms in total. The van der Waals surface area contributed by atoms with E-state index in [9.17, 15) is 9.18 Å². The van der Waals surface area contributed by atoms with Crippen LogP contribution in [0.15, 0.2) is 42.5 Å². The highest BCUT2D eigenvalue weighted by Crippen LogP contribution is 2.30. The standard InChI is InChI=1S/C16H14Cl2FNO2/c1-2-14(22-11-8-6-10(19)7-9-11)16(21)20-15-12(17)4-3-5-13(15)18/h3-9,14H,2H2,1H3,(H,20,21)/t14-/m1/s1.